The van der Waals surface area contributed by atoms with Crippen LogP contribution in [0, 0.1) is 0 Å². The van der Waals surface area contributed by atoms with E-state index in [4.69, 9.17) is 28.6 Å². The molecule has 1 fully saturated rings. The first-order valence-electron chi connectivity index (χ1n) is 10.5. The molecule has 1 aliphatic rings. The molecule has 2 aromatic rings. The van der Waals surface area contributed by atoms with Gasteiger partial charge in [-0.2, -0.15) is 0 Å². The van der Waals surface area contributed by atoms with Gasteiger partial charge in [-0.05, 0) is 61.1 Å². The normalized spacial score (nSPS) is 13.5. The van der Waals surface area contributed by atoms with Crippen LogP contribution in [-0.4, -0.2) is 55.1 Å². The van der Waals surface area contributed by atoms with Gasteiger partial charge in [-0.25, -0.2) is 0 Å². The summed E-state index contributed by atoms with van der Waals surface area (Å²) in [5.41, 5.74) is 2.06. The molecule has 0 saturated carbocycles. The number of nitrogens with zero attached hydrogens (tertiary/aromatic N) is 2. The zero-order valence-corrected chi connectivity index (χ0v) is 19.8. The lowest BCUT2D eigenvalue weighted by Gasteiger charge is -2.36. The molecule has 7 nitrogen and oxygen atoms in total. The molecule has 0 unspecified atom stereocenters. The van der Waals surface area contributed by atoms with Gasteiger partial charge < -0.3 is 19.9 Å². The Morgan fingerprint density at radius 1 is 1.09 bits per heavy atom. The van der Waals surface area contributed by atoms with Crippen LogP contribution in [0.2, 0.25) is 5.02 Å². The van der Waals surface area contributed by atoms with E-state index < -0.39 is 0 Å². The minimum atomic E-state index is -0.316. The van der Waals surface area contributed by atoms with Crippen molar-refractivity contribution in [2.24, 2.45) is 0 Å². The van der Waals surface area contributed by atoms with Crippen molar-refractivity contribution in [2.75, 3.05) is 43.5 Å². The van der Waals surface area contributed by atoms with Crippen LogP contribution in [-0.2, 0) is 4.79 Å². The summed E-state index contributed by atoms with van der Waals surface area (Å²) in [7, 11) is 1.57. The number of thiocarbonyl (C=S) groups is 1. The summed E-state index contributed by atoms with van der Waals surface area (Å²) in [6.45, 7) is 4.86. The van der Waals surface area contributed by atoms with Crippen LogP contribution < -0.4 is 20.3 Å². The molecule has 2 N–H and O–H groups in total. The maximum Gasteiger partial charge on any atom is 0.257 e. The van der Waals surface area contributed by atoms with Gasteiger partial charge in [0.2, 0.25) is 5.91 Å². The highest BCUT2D eigenvalue weighted by atomic mass is 35.5. The standard InChI is InChI=1S/C23H27ClN4O3S/c1-3-4-21(29)28-13-11-27(12-14-28)20-10-7-17(15-19(20)24)25-23(32)26-22(30)16-5-8-18(31-2)9-6-16/h5-10,15H,3-4,11-14H2,1-2H3,(H2,25,26,30,32). The molecule has 0 aliphatic carbocycles. The van der Waals surface area contributed by atoms with Gasteiger partial charge in [0.15, 0.2) is 5.11 Å². The number of halogens is 1. The van der Waals surface area contributed by atoms with Gasteiger partial charge in [-0.1, -0.05) is 18.5 Å². The zero-order chi connectivity index (χ0) is 23.1. The summed E-state index contributed by atoms with van der Waals surface area (Å²) in [4.78, 5) is 28.5. The van der Waals surface area contributed by atoms with Crippen LogP contribution in [0.5, 0.6) is 5.75 Å². The third-order valence-corrected chi connectivity index (χ3v) is 5.73. The summed E-state index contributed by atoms with van der Waals surface area (Å²) in [5.74, 6) is 0.567. The number of benzene rings is 2. The average molecular weight is 475 g/mol. The van der Waals surface area contributed by atoms with Gasteiger partial charge in [-0.3, -0.25) is 14.9 Å². The molecule has 0 bridgehead atoms. The number of anilines is 2. The molecule has 32 heavy (non-hydrogen) atoms. The monoisotopic (exact) mass is 474 g/mol. The zero-order valence-electron chi connectivity index (χ0n) is 18.2. The fourth-order valence-corrected chi connectivity index (χ4v) is 4.00. The van der Waals surface area contributed by atoms with Gasteiger partial charge in [0.25, 0.3) is 5.91 Å². The van der Waals surface area contributed by atoms with Crippen molar-refractivity contribution in [1.29, 1.82) is 0 Å². The molecule has 1 saturated heterocycles. The fraction of sp³-hybridized carbons (Fsp3) is 0.348. The molecule has 0 radical (unpaired) electrons. The number of methoxy groups -OCH3 is 1. The van der Waals surface area contributed by atoms with Crippen LogP contribution >= 0.6 is 23.8 Å². The first-order valence-corrected chi connectivity index (χ1v) is 11.3. The predicted molar refractivity (Wildman–Crippen MR) is 132 cm³/mol. The minimum Gasteiger partial charge on any atom is -0.497 e. The Morgan fingerprint density at radius 3 is 2.38 bits per heavy atom. The molecule has 170 valence electrons. The quantitative estimate of drug-likeness (QED) is 0.618. The number of piperazine rings is 1. The first-order chi connectivity index (χ1) is 15.4. The Labute approximate surface area is 198 Å². The van der Waals surface area contributed by atoms with Gasteiger partial charge in [-0.15, -0.1) is 0 Å². The van der Waals surface area contributed by atoms with E-state index in [1.165, 1.54) is 0 Å². The van der Waals surface area contributed by atoms with Crippen molar-refractivity contribution in [3.63, 3.8) is 0 Å². The maximum absolute atomic E-state index is 12.3. The summed E-state index contributed by atoms with van der Waals surface area (Å²) < 4.78 is 5.10. The molecule has 2 amide bonds. The maximum atomic E-state index is 12.3. The van der Waals surface area contributed by atoms with Crippen LogP contribution in [0.3, 0.4) is 0 Å². The predicted octanol–water partition coefficient (Wildman–Crippen LogP) is 3.92. The van der Waals surface area contributed by atoms with E-state index >= 15 is 0 Å². The SMILES string of the molecule is CCCC(=O)N1CCN(c2ccc(NC(=S)NC(=O)c3ccc(OC)cc3)cc2Cl)CC1. The number of carbonyl (C=O) groups excluding carboxylic acids is 2. The van der Waals surface area contributed by atoms with E-state index in [9.17, 15) is 9.59 Å². The Morgan fingerprint density at radius 2 is 1.78 bits per heavy atom. The third-order valence-electron chi connectivity index (χ3n) is 5.22. The third kappa shape index (κ3) is 6.11. The molecule has 2 aromatic carbocycles. The molecule has 1 aliphatic heterocycles. The second-order valence-electron chi connectivity index (χ2n) is 7.42. The largest absolute Gasteiger partial charge is 0.497 e. The van der Waals surface area contributed by atoms with E-state index in [1.807, 2.05) is 24.0 Å². The summed E-state index contributed by atoms with van der Waals surface area (Å²) in [6, 6.07) is 12.3. The molecule has 0 spiro atoms. The number of nitrogens with one attached hydrogen (secondary N) is 2. The van der Waals surface area contributed by atoms with Crippen molar-refractivity contribution in [3.05, 3.63) is 53.1 Å². The molecule has 0 aromatic heterocycles. The van der Waals surface area contributed by atoms with Gasteiger partial charge >= 0.3 is 0 Å². The van der Waals surface area contributed by atoms with Gasteiger partial charge in [0.1, 0.15) is 5.75 Å². The van der Waals surface area contributed by atoms with E-state index in [0.29, 0.717) is 41.5 Å². The Balaban J connectivity index is 1.55. The number of rotatable bonds is 6. The van der Waals surface area contributed by atoms with E-state index in [1.54, 1.807) is 37.4 Å². The van der Waals surface area contributed by atoms with Crippen molar-refractivity contribution in [1.82, 2.24) is 10.2 Å². The number of hydrogen-bond donors (Lipinski definition) is 2. The van der Waals surface area contributed by atoms with Gasteiger partial charge in [0, 0.05) is 43.9 Å². The number of hydrogen-bond acceptors (Lipinski definition) is 5. The van der Waals surface area contributed by atoms with Crippen molar-refractivity contribution < 1.29 is 14.3 Å². The smallest absolute Gasteiger partial charge is 0.257 e. The molecule has 1 heterocycles. The Hall–Kier alpha value is -2.84. The fourth-order valence-electron chi connectivity index (χ4n) is 3.49. The van der Waals surface area contributed by atoms with Crippen molar-refractivity contribution >= 4 is 52.1 Å². The van der Waals surface area contributed by atoms with E-state index in [0.717, 1.165) is 25.2 Å². The summed E-state index contributed by atoms with van der Waals surface area (Å²) in [6.07, 6.45) is 1.46. The minimum absolute atomic E-state index is 0.178. The second-order valence-corrected chi connectivity index (χ2v) is 8.24. The summed E-state index contributed by atoms with van der Waals surface area (Å²) >= 11 is 11.8. The summed E-state index contributed by atoms with van der Waals surface area (Å²) in [5, 5.41) is 6.40. The number of amides is 2. The first kappa shape index (κ1) is 23.8. The van der Waals surface area contributed by atoms with Crippen LogP contribution in [0.4, 0.5) is 11.4 Å². The number of carbonyl (C=O) groups is 2. The van der Waals surface area contributed by atoms with Gasteiger partial charge in [0.05, 0.1) is 17.8 Å². The molecule has 3 rings (SSSR count). The lowest BCUT2D eigenvalue weighted by atomic mass is 10.2. The van der Waals surface area contributed by atoms with E-state index in [2.05, 4.69) is 15.5 Å². The van der Waals surface area contributed by atoms with Crippen molar-refractivity contribution in [2.45, 2.75) is 19.8 Å². The highest BCUT2D eigenvalue weighted by Gasteiger charge is 2.22. The highest BCUT2D eigenvalue weighted by molar-refractivity contribution is 7.80. The second kappa shape index (κ2) is 11.2. The topological polar surface area (TPSA) is 73.9 Å². The average Bonchev–Trinajstić information content (AvgIpc) is 2.79. The van der Waals surface area contributed by atoms with Crippen LogP contribution in [0.1, 0.15) is 30.1 Å². The Kier molecular flexibility index (Phi) is 8.30. The van der Waals surface area contributed by atoms with Crippen molar-refractivity contribution in [3.8, 4) is 5.75 Å². The molecular weight excluding hydrogens is 448 g/mol. The lowest BCUT2D eigenvalue weighted by molar-refractivity contribution is -0.131. The lowest BCUT2D eigenvalue weighted by Crippen LogP contribution is -2.48. The highest BCUT2D eigenvalue weighted by Crippen LogP contribution is 2.29. The molecular formula is C23H27ClN4O3S. The Bertz CT molecular complexity index is 976. The van der Waals surface area contributed by atoms with E-state index in [-0.39, 0.29) is 16.9 Å². The van der Waals surface area contributed by atoms with Crippen LogP contribution in [0.25, 0.3) is 0 Å². The molecule has 9 heteroatoms. The number of ether oxygens (including phenoxy) is 1. The molecule has 0 atom stereocenters. The van der Waals surface area contributed by atoms with Crippen LogP contribution in [0.15, 0.2) is 42.5 Å².